The lowest BCUT2D eigenvalue weighted by molar-refractivity contribution is -0.140. The van der Waals surface area contributed by atoms with Crippen molar-refractivity contribution >= 4 is 17.5 Å². The highest BCUT2D eigenvalue weighted by Gasteiger charge is 2.75. The van der Waals surface area contributed by atoms with Crippen molar-refractivity contribution in [2.45, 2.75) is 32.2 Å². The van der Waals surface area contributed by atoms with E-state index < -0.39 is 0 Å². The van der Waals surface area contributed by atoms with Crippen molar-refractivity contribution in [3.63, 3.8) is 0 Å². The fraction of sp³-hybridized carbons (Fsp3) is 0.529. The molecule has 1 heterocycles. The van der Waals surface area contributed by atoms with E-state index in [1.165, 1.54) is 0 Å². The Balaban J connectivity index is 1.53. The van der Waals surface area contributed by atoms with Crippen molar-refractivity contribution in [1.82, 2.24) is 4.90 Å². The zero-order valence-electron chi connectivity index (χ0n) is 12.3. The van der Waals surface area contributed by atoms with Crippen LogP contribution in [0.4, 0.5) is 5.69 Å². The summed E-state index contributed by atoms with van der Waals surface area (Å²) in [5.74, 6) is 0.926. The van der Waals surface area contributed by atoms with E-state index in [4.69, 9.17) is 0 Å². The third-order valence-electron chi connectivity index (χ3n) is 5.33. The number of nitrogens with zero attached hydrogens (tertiary/aromatic N) is 2. The molecule has 4 heteroatoms. The first-order chi connectivity index (χ1) is 10.2. The topological polar surface area (TPSA) is 40.6 Å². The minimum Gasteiger partial charge on any atom is -0.330 e. The monoisotopic (exact) mass is 284 g/mol. The van der Waals surface area contributed by atoms with Gasteiger partial charge in [0.05, 0.1) is 5.41 Å². The van der Waals surface area contributed by atoms with Gasteiger partial charge in [-0.05, 0) is 44.2 Å². The Morgan fingerprint density at radius 3 is 2.57 bits per heavy atom. The number of fused-ring (bicyclic) bond motifs is 1. The molecule has 3 aliphatic rings. The Hall–Kier alpha value is -1.84. The van der Waals surface area contributed by atoms with Crippen LogP contribution in [0.3, 0.4) is 0 Å². The van der Waals surface area contributed by atoms with Crippen LogP contribution in [-0.2, 0) is 9.59 Å². The molecule has 21 heavy (non-hydrogen) atoms. The maximum absolute atomic E-state index is 12.7. The molecule has 3 fully saturated rings. The first kappa shape index (κ1) is 12.9. The number of hydrogen-bond acceptors (Lipinski definition) is 2. The molecule has 1 aromatic rings. The largest absolute Gasteiger partial charge is 0.330 e. The van der Waals surface area contributed by atoms with Crippen LogP contribution in [0.15, 0.2) is 30.3 Å². The Morgan fingerprint density at radius 2 is 2.00 bits per heavy atom. The molecule has 1 saturated heterocycles. The quantitative estimate of drug-likeness (QED) is 0.849. The van der Waals surface area contributed by atoms with Gasteiger partial charge < -0.3 is 9.80 Å². The molecular formula is C17H20N2O2. The molecule has 1 atom stereocenters. The van der Waals surface area contributed by atoms with Crippen LogP contribution in [-0.4, -0.2) is 35.8 Å². The molecule has 1 aromatic carbocycles. The summed E-state index contributed by atoms with van der Waals surface area (Å²) in [5.41, 5.74) is 0.888. The number of carbonyl (C=O) groups excluding carboxylic acids is 2. The van der Waals surface area contributed by atoms with Crippen molar-refractivity contribution in [3.05, 3.63) is 30.3 Å². The van der Waals surface area contributed by atoms with Crippen molar-refractivity contribution in [1.29, 1.82) is 0 Å². The summed E-state index contributed by atoms with van der Waals surface area (Å²) >= 11 is 0. The number of carbonyl (C=O) groups is 2. The van der Waals surface area contributed by atoms with Gasteiger partial charge in [0.15, 0.2) is 0 Å². The van der Waals surface area contributed by atoms with Gasteiger partial charge in [-0.15, -0.1) is 0 Å². The van der Waals surface area contributed by atoms with Gasteiger partial charge in [-0.2, -0.15) is 0 Å². The Labute approximate surface area is 124 Å². The number of para-hydroxylation sites is 1. The summed E-state index contributed by atoms with van der Waals surface area (Å²) in [6.45, 7) is 3.31. The van der Waals surface area contributed by atoms with Gasteiger partial charge in [0, 0.05) is 18.8 Å². The average Bonchev–Trinajstić information content (AvgIpc) is 3.34. The van der Waals surface area contributed by atoms with E-state index in [0.29, 0.717) is 19.0 Å². The number of benzene rings is 1. The highest BCUT2D eigenvalue weighted by Crippen LogP contribution is 2.76. The third kappa shape index (κ3) is 1.81. The molecule has 0 spiro atoms. The molecule has 1 aliphatic heterocycles. The van der Waals surface area contributed by atoms with E-state index in [1.54, 1.807) is 0 Å². The molecule has 0 radical (unpaired) electrons. The van der Waals surface area contributed by atoms with Crippen LogP contribution in [0.2, 0.25) is 0 Å². The molecule has 4 rings (SSSR count). The smallest absolute Gasteiger partial charge is 0.249 e. The number of likely N-dealkylation sites (N-methyl/N-ethyl adjacent to an activating group) is 1. The van der Waals surface area contributed by atoms with Gasteiger partial charge in [-0.25, -0.2) is 0 Å². The number of rotatable bonds is 4. The van der Waals surface area contributed by atoms with Gasteiger partial charge in [0.25, 0.3) is 0 Å². The predicted octanol–water partition coefficient (Wildman–Crippen LogP) is 2.05. The molecule has 0 bridgehead atoms. The van der Waals surface area contributed by atoms with E-state index in [-0.39, 0.29) is 23.3 Å². The Morgan fingerprint density at radius 1 is 1.33 bits per heavy atom. The first-order valence-corrected chi connectivity index (χ1v) is 7.85. The van der Waals surface area contributed by atoms with Gasteiger partial charge in [0.2, 0.25) is 11.8 Å². The maximum atomic E-state index is 12.7. The van der Waals surface area contributed by atoms with Crippen LogP contribution in [0, 0.1) is 11.3 Å². The summed E-state index contributed by atoms with van der Waals surface area (Å²) in [4.78, 5) is 29.0. The molecule has 2 aliphatic carbocycles. The van der Waals surface area contributed by atoms with Gasteiger partial charge >= 0.3 is 0 Å². The highest BCUT2D eigenvalue weighted by atomic mass is 16.2. The second kappa shape index (κ2) is 4.33. The van der Waals surface area contributed by atoms with Crippen LogP contribution in [0.5, 0.6) is 0 Å². The summed E-state index contributed by atoms with van der Waals surface area (Å²) in [6.07, 6.45) is 2.84. The second-order valence-corrected chi connectivity index (χ2v) is 6.48. The first-order valence-electron chi connectivity index (χ1n) is 7.85. The zero-order chi connectivity index (χ0) is 14.6. The van der Waals surface area contributed by atoms with E-state index in [1.807, 2.05) is 47.1 Å². The van der Waals surface area contributed by atoms with Gasteiger partial charge in [0.1, 0.15) is 6.04 Å². The van der Waals surface area contributed by atoms with Crippen molar-refractivity contribution in [2.75, 3.05) is 18.0 Å². The maximum Gasteiger partial charge on any atom is 0.249 e. The molecule has 2 saturated carbocycles. The number of amides is 2. The van der Waals surface area contributed by atoms with E-state index >= 15 is 0 Å². The van der Waals surface area contributed by atoms with Crippen molar-refractivity contribution in [2.24, 2.45) is 11.3 Å². The van der Waals surface area contributed by atoms with E-state index in [0.717, 1.165) is 24.9 Å². The number of anilines is 1. The minimum absolute atomic E-state index is 0.0452. The highest BCUT2D eigenvalue weighted by molar-refractivity contribution is 6.02. The lowest BCUT2D eigenvalue weighted by Gasteiger charge is -2.28. The van der Waals surface area contributed by atoms with Gasteiger partial charge in [-0.3, -0.25) is 9.59 Å². The Kier molecular flexibility index (Phi) is 2.65. The second-order valence-electron chi connectivity index (χ2n) is 6.48. The summed E-state index contributed by atoms with van der Waals surface area (Å²) < 4.78 is 0. The molecular weight excluding hydrogens is 264 g/mol. The summed E-state index contributed by atoms with van der Waals surface area (Å²) in [5, 5.41) is 0. The lowest BCUT2D eigenvalue weighted by Crippen LogP contribution is -2.47. The average molecular weight is 284 g/mol. The molecule has 2 amide bonds. The Bertz CT molecular complexity index is 592. The molecule has 1 unspecified atom stereocenters. The SMILES string of the molecule is CCN(C(=O)C12CC1C2)C1CCN(c2ccccc2)C1=O. The normalized spacial score (nSPS) is 32.8. The van der Waals surface area contributed by atoms with Crippen LogP contribution in [0.1, 0.15) is 26.2 Å². The molecule has 4 nitrogen and oxygen atoms in total. The lowest BCUT2D eigenvalue weighted by atomic mass is 10.1. The summed E-state index contributed by atoms with van der Waals surface area (Å²) in [7, 11) is 0. The standard InChI is InChI=1S/C17H20N2O2/c1-2-18(16(21)17-10-12(17)11-17)14-8-9-19(15(14)20)13-6-4-3-5-7-13/h3-7,12,14H,2,8-11H2,1H3. The zero-order valence-corrected chi connectivity index (χ0v) is 12.3. The van der Waals surface area contributed by atoms with Crippen LogP contribution >= 0.6 is 0 Å². The van der Waals surface area contributed by atoms with Crippen LogP contribution < -0.4 is 4.90 Å². The third-order valence-corrected chi connectivity index (χ3v) is 5.33. The summed E-state index contributed by atoms with van der Waals surface area (Å²) in [6, 6.07) is 9.47. The fourth-order valence-electron chi connectivity index (χ4n) is 3.66. The molecule has 110 valence electrons. The van der Waals surface area contributed by atoms with Crippen LogP contribution in [0.25, 0.3) is 0 Å². The van der Waals surface area contributed by atoms with Gasteiger partial charge in [-0.1, -0.05) is 18.2 Å². The predicted molar refractivity (Wildman–Crippen MR) is 79.7 cm³/mol. The van der Waals surface area contributed by atoms with Crippen molar-refractivity contribution < 1.29 is 9.59 Å². The minimum atomic E-state index is -0.265. The molecule has 0 aromatic heterocycles. The van der Waals surface area contributed by atoms with Crippen molar-refractivity contribution in [3.8, 4) is 0 Å². The number of hydrogen-bond donors (Lipinski definition) is 0. The van der Waals surface area contributed by atoms with E-state index in [9.17, 15) is 9.59 Å². The fourth-order valence-corrected chi connectivity index (χ4v) is 3.66. The van der Waals surface area contributed by atoms with E-state index in [2.05, 4.69) is 0 Å². The molecule has 0 N–H and O–H groups in total.